The van der Waals surface area contributed by atoms with Crippen LogP contribution in [0.25, 0.3) is 0 Å². The third-order valence-electron chi connectivity index (χ3n) is 1.58. The normalized spacial score (nSPS) is 33.0. The molecule has 1 unspecified atom stereocenters. The first kappa shape index (κ1) is 7.18. The smallest absolute Gasteiger partial charge is 0.199 e. The second kappa shape index (κ2) is 2.77. The number of nitrogens with zero attached hydrogens (tertiary/aromatic N) is 2. The lowest BCUT2D eigenvalue weighted by Crippen LogP contribution is -2.62. The average molecular weight is 148 g/mol. The summed E-state index contributed by atoms with van der Waals surface area (Å²) in [4.78, 5) is 0. The molecule has 0 N–H and O–H groups in total. The summed E-state index contributed by atoms with van der Waals surface area (Å²) in [6.07, 6.45) is 0.318. The molecule has 0 spiro atoms. The van der Waals surface area contributed by atoms with E-state index in [1.165, 1.54) is 0 Å². The molecule has 1 fully saturated rings. The maximum absolute atomic E-state index is 12.6. The first-order valence-electron chi connectivity index (χ1n) is 3.34. The van der Waals surface area contributed by atoms with E-state index < -0.39 is 6.42 Å². The van der Waals surface area contributed by atoms with Gasteiger partial charge in [-0.15, -0.1) is 0 Å². The first-order valence-corrected chi connectivity index (χ1v) is 4.60. The van der Waals surface area contributed by atoms with Crippen LogP contribution < -0.4 is 0 Å². The van der Waals surface area contributed by atoms with Crippen molar-refractivity contribution in [3.8, 4) is 0 Å². The molecule has 0 aliphatic carbocycles. The number of rotatable bonds is 2. The Morgan fingerprint density at radius 3 is 2.67 bits per heavy atom. The van der Waals surface area contributed by atoms with Crippen molar-refractivity contribution in [2.45, 2.75) is 19.8 Å². The summed E-state index contributed by atoms with van der Waals surface area (Å²) in [5, 5.41) is 0. The molecule has 54 valence electrons. The topological polar surface area (TPSA) is 6.48 Å². The van der Waals surface area contributed by atoms with Crippen LogP contribution in [-0.2, 0) is 0 Å². The standard InChI is InChI=1S/C5H13FN2Si/c1-3-4-8-5(6)7(2)9-8/h5H,3-4,9H2,1-2H3. The lowest BCUT2D eigenvalue weighted by atomic mass is 10.5. The minimum Gasteiger partial charge on any atom is -0.278 e. The van der Waals surface area contributed by atoms with Crippen LogP contribution in [0.3, 0.4) is 0 Å². The van der Waals surface area contributed by atoms with E-state index in [4.69, 9.17) is 0 Å². The third-order valence-corrected chi connectivity index (χ3v) is 3.31. The molecule has 0 amide bonds. The zero-order valence-corrected chi connectivity index (χ0v) is 7.39. The molecule has 0 saturated carbocycles. The largest absolute Gasteiger partial charge is 0.278 e. The van der Waals surface area contributed by atoms with E-state index in [0.29, 0.717) is 0 Å². The molecule has 0 radical (unpaired) electrons. The highest BCUT2D eigenvalue weighted by atomic mass is 28.2. The van der Waals surface area contributed by atoms with Gasteiger partial charge in [-0.2, -0.15) is 0 Å². The molecule has 9 heavy (non-hydrogen) atoms. The lowest BCUT2D eigenvalue weighted by Gasteiger charge is -2.43. The number of hydrogen-bond acceptors (Lipinski definition) is 2. The third kappa shape index (κ3) is 1.31. The van der Waals surface area contributed by atoms with Gasteiger partial charge in [0.2, 0.25) is 0 Å². The molecule has 1 aliphatic heterocycles. The van der Waals surface area contributed by atoms with Crippen molar-refractivity contribution in [1.82, 2.24) is 9.13 Å². The Hall–Kier alpha value is 0.0669. The maximum Gasteiger partial charge on any atom is 0.199 e. The van der Waals surface area contributed by atoms with Crippen molar-refractivity contribution < 1.29 is 4.39 Å². The summed E-state index contributed by atoms with van der Waals surface area (Å²) >= 11 is 0. The van der Waals surface area contributed by atoms with Gasteiger partial charge in [-0.05, 0) is 20.0 Å². The van der Waals surface area contributed by atoms with Gasteiger partial charge in [0, 0.05) is 0 Å². The van der Waals surface area contributed by atoms with E-state index in [1.807, 2.05) is 16.2 Å². The lowest BCUT2D eigenvalue weighted by molar-refractivity contribution is -0.000694. The first-order chi connectivity index (χ1) is 4.25. The fourth-order valence-electron chi connectivity index (χ4n) is 1.07. The number of halogens is 1. The van der Waals surface area contributed by atoms with Crippen LogP contribution in [0.5, 0.6) is 0 Å². The molecule has 0 aromatic rings. The van der Waals surface area contributed by atoms with Crippen molar-refractivity contribution in [2.75, 3.05) is 13.6 Å². The fraction of sp³-hybridized carbons (Fsp3) is 1.00. The Morgan fingerprint density at radius 1 is 1.67 bits per heavy atom. The highest BCUT2D eigenvalue weighted by molar-refractivity contribution is 6.31. The molecule has 1 rings (SSSR count). The van der Waals surface area contributed by atoms with Crippen LogP contribution in [-0.4, -0.2) is 39.0 Å². The van der Waals surface area contributed by atoms with Crippen LogP contribution in [0.15, 0.2) is 0 Å². The Kier molecular flexibility index (Phi) is 2.21. The second-order valence-corrected chi connectivity index (χ2v) is 4.61. The fourth-order valence-corrected chi connectivity index (χ4v) is 2.57. The van der Waals surface area contributed by atoms with Crippen LogP contribution in [0.1, 0.15) is 13.3 Å². The molecule has 0 aromatic carbocycles. The van der Waals surface area contributed by atoms with E-state index >= 15 is 0 Å². The van der Waals surface area contributed by atoms with E-state index in [2.05, 4.69) is 6.92 Å². The van der Waals surface area contributed by atoms with Gasteiger partial charge in [0.25, 0.3) is 0 Å². The molecule has 0 aromatic heterocycles. The molecular weight excluding hydrogens is 135 g/mol. The summed E-state index contributed by atoms with van der Waals surface area (Å²) in [7, 11) is 1.53. The summed E-state index contributed by atoms with van der Waals surface area (Å²) < 4.78 is 16.4. The van der Waals surface area contributed by atoms with E-state index in [-0.39, 0.29) is 9.84 Å². The maximum atomic E-state index is 12.6. The van der Waals surface area contributed by atoms with Crippen LogP contribution in [0.2, 0.25) is 0 Å². The molecule has 2 nitrogen and oxygen atoms in total. The minimum atomic E-state index is -0.753. The zero-order chi connectivity index (χ0) is 6.85. The van der Waals surface area contributed by atoms with Crippen molar-refractivity contribution in [2.24, 2.45) is 0 Å². The summed E-state index contributed by atoms with van der Waals surface area (Å²) in [5.41, 5.74) is 0. The van der Waals surface area contributed by atoms with Crippen molar-refractivity contribution in [1.29, 1.82) is 0 Å². The van der Waals surface area contributed by atoms with E-state index in [0.717, 1.165) is 13.0 Å². The highest BCUT2D eigenvalue weighted by Crippen LogP contribution is 2.14. The Labute approximate surface area is 57.6 Å². The van der Waals surface area contributed by atoms with Crippen LogP contribution in [0, 0.1) is 0 Å². The van der Waals surface area contributed by atoms with Gasteiger partial charge < -0.3 is 0 Å². The highest BCUT2D eigenvalue weighted by Gasteiger charge is 2.32. The van der Waals surface area contributed by atoms with Gasteiger partial charge in [0.15, 0.2) is 16.3 Å². The zero-order valence-electron chi connectivity index (χ0n) is 5.97. The summed E-state index contributed by atoms with van der Waals surface area (Å²) in [6, 6.07) is 0. The van der Waals surface area contributed by atoms with Gasteiger partial charge in [-0.3, -0.25) is 9.13 Å². The van der Waals surface area contributed by atoms with E-state index in [1.54, 1.807) is 0 Å². The van der Waals surface area contributed by atoms with Gasteiger partial charge in [0.05, 0.1) is 0 Å². The average Bonchev–Trinajstić information content (AvgIpc) is 1.88. The predicted octanol–water partition coefficient (Wildman–Crippen LogP) is -0.104. The SMILES string of the molecule is CCCN1[SiH2]N(C)C1F. The molecule has 1 atom stereocenters. The van der Waals surface area contributed by atoms with Gasteiger partial charge in [-0.1, -0.05) is 6.92 Å². The molecule has 1 heterocycles. The number of hydrogen-bond donors (Lipinski definition) is 0. The summed E-state index contributed by atoms with van der Waals surface area (Å²) in [6.45, 7) is 3.02. The molecule has 1 aliphatic rings. The molecule has 1 saturated heterocycles. The monoisotopic (exact) mass is 148 g/mol. The summed E-state index contributed by atoms with van der Waals surface area (Å²) in [5.74, 6) is 0. The van der Waals surface area contributed by atoms with Crippen LogP contribution in [0.4, 0.5) is 4.39 Å². The quantitative estimate of drug-likeness (QED) is 0.398. The van der Waals surface area contributed by atoms with E-state index in [9.17, 15) is 4.39 Å². The second-order valence-electron chi connectivity index (χ2n) is 2.52. The van der Waals surface area contributed by atoms with Crippen molar-refractivity contribution >= 4 is 9.84 Å². The van der Waals surface area contributed by atoms with Crippen LogP contribution >= 0.6 is 0 Å². The molecule has 0 bridgehead atoms. The Balaban J connectivity index is 2.17. The van der Waals surface area contributed by atoms with Crippen molar-refractivity contribution in [3.63, 3.8) is 0 Å². The van der Waals surface area contributed by atoms with Gasteiger partial charge >= 0.3 is 0 Å². The van der Waals surface area contributed by atoms with Crippen molar-refractivity contribution in [3.05, 3.63) is 0 Å². The number of alkyl halides is 1. The Morgan fingerprint density at radius 2 is 2.33 bits per heavy atom. The Bertz CT molecular complexity index is 99.0. The molecular formula is C5H13FN2Si. The van der Waals surface area contributed by atoms with Gasteiger partial charge in [-0.25, -0.2) is 4.39 Å². The minimum absolute atomic E-state index is 0.323. The predicted molar refractivity (Wildman–Crippen MR) is 38.2 cm³/mol. The van der Waals surface area contributed by atoms with Gasteiger partial charge in [0.1, 0.15) is 0 Å². The molecule has 4 heteroatoms.